The smallest absolute Gasteiger partial charge is 0.260 e. The Kier molecular flexibility index (Phi) is 8.68. The van der Waals surface area contributed by atoms with Crippen LogP contribution in [0.4, 0.5) is 11.4 Å². The number of nitrogens with one attached hydrogen (secondary N) is 1. The lowest BCUT2D eigenvalue weighted by Gasteiger charge is -2.50. The second kappa shape index (κ2) is 13.4. The molecule has 5 aromatic rings. The maximum atomic E-state index is 15.6. The molecule has 4 aliphatic rings. The molecule has 0 aromatic heterocycles. The number of anilines is 2. The summed E-state index contributed by atoms with van der Waals surface area (Å²) in [6.07, 6.45) is 2.24. The largest absolute Gasteiger partial charge is 0.507 e. The number of fused-ring (bicyclic) bond motifs is 5. The molecular formula is C44H34Cl3N3O6. The van der Waals surface area contributed by atoms with Crippen LogP contribution in [0.15, 0.2) is 109 Å². The first-order valence-electron chi connectivity index (χ1n) is 18.2. The van der Waals surface area contributed by atoms with Gasteiger partial charge in [0.25, 0.3) is 11.8 Å². The minimum Gasteiger partial charge on any atom is -0.507 e. The van der Waals surface area contributed by atoms with Gasteiger partial charge in [0.1, 0.15) is 11.5 Å². The van der Waals surface area contributed by atoms with E-state index in [0.29, 0.717) is 43.6 Å². The summed E-state index contributed by atoms with van der Waals surface area (Å²) in [4.78, 5) is 60.7. The molecule has 0 spiro atoms. The number of carbonyl (C=O) groups is 4. The predicted molar refractivity (Wildman–Crippen MR) is 215 cm³/mol. The molecule has 56 heavy (non-hydrogen) atoms. The van der Waals surface area contributed by atoms with Crippen LogP contribution in [0.3, 0.4) is 0 Å². The summed E-state index contributed by atoms with van der Waals surface area (Å²) in [5, 5.41) is 15.6. The van der Waals surface area contributed by atoms with E-state index >= 15 is 9.59 Å². The van der Waals surface area contributed by atoms with Crippen LogP contribution < -0.4 is 15.1 Å². The third kappa shape index (κ3) is 5.21. The highest BCUT2D eigenvalue weighted by Crippen LogP contribution is 2.65. The van der Waals surface area contributed by atoms with Gasteiger partial charge < -0.3 is 9.84 Å². The molecule has 2 aliphatic carbocycles. The number of ether oxygens (including phenoxy) is 1. The normalized spacial score (nSPS) is 25.6. The number of allylic oxidation sites excluding steroid dienone is 2. The molecular weight excluding hydrogens is 773 g/mol. The first kappa shape index (κ1) is 36.3. The van der Waals surface area contributed by atoms with E-state index in [2.05, 4.69) is 5.43 Å². The Labute approximate surface area is 337 Å². The van der Waals surface area contributed by atoms with Crippen molar-refractivity contribution in [2.75, 3.05) is 17.4 Å². The average molecular weight is 807 g/mol. The summed E-state index contributed by atoms with van der Waals surface area (Å²) >= 11 is 19.3. The van der Waals surface area contributed by atoms with Crippen molar-refractivity contribution >= 4 is 80.6 Å². The Morgan fingerprint density at radius 3 is 2.32 bits per heavy atom. The fraction of sp³-hybridized carbons (Fsp3) is 0.227. The molecule has 0 bridgehead atoms. The molecule has 2 heterocycles. The first-order chi connectivity index (χ1) is 26.9. The lowest BCUT2D eigenvalue weighted by molar-refractivity contribution is -0.138. The van der Waals surface area contributed by atoms with Crippen molar-refractivity contribution in [2.24, 2.45) is 23.7 Å². The number of hydrazine groups is 1. The topological polar surface area (TPSA) is 116 Å². The number of nitrogens with zero attached hydrogens (tertiary/aromatic N) is 2. The monoisotopic (exact) mass is 805 g/mol. The highest BCUT2D eigenvalue weighted by atomic mass is 35.5. The highest BCUT2D eigenvalue weighted by Gasteiger charge is 2.70. The second-order valence-electron chi connectivity index (χ2n) is 14.9. The molecule has 1 saturated carbocycles. The van der Waals surface area contributed by atoms with Crippen LogP contribution in [0.25, 0.3) is 10.8 Å². The third-order valence-electron chi connectivity index (χ3n) is 12.2. The summed E-state index contributed by atoms with van der Waals surface area (Å²) in [6, 6.07) is 27.9. The summed E-state index contributed by atoms with van der Waals surface area (Å²) < 4.78 is 5.50. The van der Waals surface area contributed by atoms with Crippen LogP contribution in [-0.2, 0) is 24.6 Å². The number of hydrogen-bond donors (Lipinski definition) is 2. The molecule has 6 atom stereocenters. The fourth-order valence-corrected chi connectivity index (χ4v) is 10.3. The maximum Gasteiger partial charge on any atom is 0.260 e. The minimum atomic E-state index is -1.62. The Balaban J connectivity index is 1.27. The number of phenolic OH excluding ortho intramolecular Hbond substituents is 1. The zero-order valence-electron chi connectivity index (χ0n) is 30.1. The SMILES string of the molecule is COc1ccc(C23C(=O)N(Nc4ccc(Cl)cc4Cl)C(=O)C2CC2C(=CCC4C(=O)N(c5ccc(C)c(Cl)c5)C(=O)C42)C3c2ccc3ccccc3c2O)cc1. The molecule has 12 heteroatoms. The van der Waals surface area contributed by atoms with Crippen molar-refractivity contribution in [3.63, 3.8) is 0 Å². The number of aryl methyl sites for hydroxylation is 1. The molecule has 282 valence electrons. The fourth-order valence-electron chi connectivity index (χ4n) is 9.67. The van der Waals surface area contributed by atoms with E-state index in [1.54, 1.807) is 73.8 Å². The van der Waals surface area contributed by atoms with Crippen LogP contribution >= 0.6 is 34.8 Å². The number of rotatable bonds is 6. The van der Waals surface area contributed by atoms with E-state index in [9.17, 15) is 14.7 Å². The average Bonchev–Trinajstić information content (AvgIpc) is 3.58. The van der Waals surface area contributed by atoms with Gasteiger partial charge in [0.05, 0.1) is 46.7 Å². The van der Waals surface area contributed by atoms with Gasteiger partial charge >= 0.3 is 0 Å². The summed E-state index contributed by atoms with van der Waals surface area (Å²) in [5.41, 5.74) is 4.50. The van der Waals surface area contributed by atoms with Gasteiger partial charge in [-0.2, -0.15) is 5.01 Å². The van der Waals surface area contributed by atoms with Crippen LogP contribution in [0.1, 0.15) is 35.4 Å². The first-order valence-corrected chi connectivity index (χ1v) is 19.4. The molecule has 4 amide bonds. The van der Waals surface area contributed by atoms with Gasteiger partial charge in [-0.3, -0.25) is 24.6 Å². The van der Waals surface area contributed by atoms with E-state index in [4.69, 9.17) is 39.5 Å². The van der Waals surface area contributed by atoms with Crippen molar-refractivity contribution in [3.05, 3.63) is 140 Å². The Hall–Kier alpha value is -5.35. The predicted octanol–water partition coefficient (Wildman–Crippen LogP) is 9.01. The standard InChI is InChI=1S/C44H34Cl3N3O6/c1-22-7-12-26(20-34(22)46)49-40(52)30-17-16-29-32(37(30)42(49)54)21-33-41(53)50(48-36-18-11-25(45)19-35(36)47)43(55)44(33,24-9-13-27(56-2)14-10-24)38(29)31-15-8-23-5-3-4-6-28(23)39(31)51/h3-16,18-20,30,32-33,37-38,48,51H,17,21H2,1-2H3. The molecule has 5 aromatic carbocycles. The van der Waals surface area contributed by atoms with E-state index in [1.165, 1.54) is 11.0 Å². The Bertz CT molecular complexity index is 2560. The number of halogens is 3. The van der Waals surface area contributed by atoms with Gasteiger partial charge in [-0.25, -0.2) is 4.90 Å². The van der Waals surface area contributed by atoms with Crippen molar-refractivity contribution in [1.82, 2.24) is 5.01 Å². The van der Waals surface area contributed by atoms with Crippen LogP contribution in [0, 0.1) is 30.6 Å². The van der Waals surface area contributed by atoms with Gasteiger partial charge in [-0.05, 0) is 84.7 Å². The van der Waals surface area contributed by atoms with E-state index < -0.39 is 52.7 Å². The minimum absolute atomic E-state index is 0.0411. The van der Waals surface area contributed by atoms with Crippen molar-refractivity contribution in [3.8, 4) is 11.5 Å². The lowest BCUT2D eigenvalue weighted by atomic mass is 9.49. The van der Waals surface area contributed by atoms with Gasteiger partial charge in [-0.1, -0.05) is 101 Å². The molecule has 2 aliphatic heterocycles. The zero-order chi connectivity index (χ0) is 39.2. The van der Waals surface area contributed by atoms with E-state index in [0.717, 1.165) is 16.0 Å². The van der Waals surface area contributed by atoms with Gasteiger partial charge in [0.2, 0.25) is 11.8 Å². The molecule has 9 nitrogen and oxygen atoms in total. The zero-order valence-corrected chi connectivity index (χ0v) is 32.4. The summed E-state index contributed by atoms with van der Waals surface area (Å²) in [6.45, 7) is 1.84. The van der Waals surface area contributed by atoms with E-state index in [1.807, 2.05) is 37.3 Å². The highest BCUT2D eigenvalue weighted by molar-refractivity contribution is 6.36. The second-order valence-corrected chi connectivity index (χ2v) is 16.1. The third-order valence-corrected chi connectivity index (χ3v) is 13.2. The molecule has 2 saturated heterocycles. The number of aromatic hydroxyl groups is 1. The van der Waals surface area contributed by atoms with Crippen LogP contribution in [0.2, 0.25) is 15.1 Å². The number of phenols is 1. The van der Waals surface area contributed by atoms with Crippen molar-refractivity contribution in [2.45, 2.75) is 31.1 Å². The number of benzene rings is 5. The van der Waals surface area contributed by atoms with Crippen molar-refractivity contribution in [1.29, 1.82) is 0 Å². The van der Waals surface area contributed by atoms with Gasteiger partial charge in [-0.15, -0.1) is 0 Å². The number of hydrogen-bond acceptors (Lipinski definition) is 7. The van der Waals surface area contributed by atoms with Crippen LogP contribution in [-0.4, -0.2) is 40.9 Å². The van der Waals surface area contributed by atoms with Crippen LogP contribution in [0.5, 0.6) is 11.5 Å². The molecule has 6 unspecified atom stereocenters. The maximum absolute atomic E-state index is 15.6. The summed E-state index contributed by atoms with van der Waals surface area (Å²) in [7, 11) is 1.54. The number of amides is 4. The Morgan fingerprint density at radius 2 is 1.59 bits per heavy atom. The summed E-state index contributed by atoms with van der Waals surface area (Å²) in [5.74, 6) is -5.51. The molecule has 0 radical (unpaired) electrons. The molecule has 2 N–H and O–H groups in total. The van der Waals surface area contributed by atoms with Crippen molar-refractivity contribution < 1.29 is 29.0 Å². The number of methoxy groups -OCH3 is 1. The quantitative estimate of drug-likeness (QED) is 0.130. The number of imide groups is 2. The number of carbonyl (C=O) groups excluding carboxylic acids is 4. The molecule has 3 fully saturated rings. The van der Waals surface area contributed by atoms with Gasteiger partial charge in [0.15, 0.2) is 0 Å². The van der Waals surface area contributed by atoms with E-state index in [-0.39, 0.29) is 35.2 Å². The lowest BCUT2D eigenvalue weighted by Crippen LogP contribution is -2.53. The Morgan fingerprint density at radius 1 is 0.821 bits per heavy atom. The van der Waals surface area contributed by atoms with Gasteiger partial charge in [0, 0.05) is 26.9 Å². The molecule has 9 rings (SSSR count).